The number of hydrogen-bond acceptors (Lipinski definition) is 4. The summed E-state index contributed by atoms with van der Waals surface area (Å²) in [5, 5.41) is 25.9. The van der Waals surface area contributed by atoms with Crippen molar-refractivity contribution in [3.63, 3.8) is 0 Å². The number of carboxylic acid groups (broad SMARTS) is 1. The molecular formula is C25H42N2O4. The summed E-state index contributed by atoms with van der Waals surface area (Å²) in [6.07, 6.45) is 10.5. The lowest BCUT2D eigenvalue weighted by Crippen LogP contribution is -2.60. The van der Waals surface area contributed by atoms with Crippen molar-refractivity contribution in [2.45, 2.75) is 84.2 Å². The quantitative estimate of drug-likeness (QED) is 0.461. The summed E-state index contributed by atoms with van der Waals surface area (Å²) < 4.78 is 0. The first kappa shape index (κ1) is 23.0. The van der Waals surface area contributed by atoms with Crippen molar-refractivity contribution in [3.8, 4) is 0 Å². The molecule has 4 fully saturated rings. The highest BCUT2D eigenvalue weighted by molar-refractivity contribution is 5.80. The summed E-state index contributed by atoms with van der Waals surface area (Å²) in [6.45, 7) is 6.92. The number of aliphatic hydroxyl groups excluding tert-OH is 1. The minimum absolute atomic E-state index is 0.149. The van der Waals surface area contributed by atoms with Gasteiger partial charge in [-0.3, -0.25) is 9.59 Å². The average molecular weight is 435 g/mol. The van der Waals surface area contributed by atoms with Gasteiger partial charge in [0.1, 0.15) is 6.54 Å². The lowest BCUT2D eigenvalue weighted by Gasteiger charge is -2.62. The van der Waals surface area contributed by atoms with E-state index in [4.69, 9.17) is 5.11 Å². The van der Waals surface area contributed by atoms with Gasteiger partial charge in [-0.2, -0.15) is 0 Å². The van der Waals surface area contributed by atoms with Crippen LogP contribution < -0.4 is 10.6 Å². The Hall–Kier alpha value is -1.14. The van der Waals surface area contributed by atoms with Crippen LogP contribution in [0, 0.1) is 40.4 Å². The Bertz CT molecular complexity index is 684. The van der Waals surface area contributed by atoms with E-state index in [1.807, 2.05) is 0 Å². The number of amides is 1. The molecular weight excluding hydrogens is 392 g/mol. The molecule has 6 heteroatoms. The molecule has 0 aromatic carbocycles. The Kier molecular flexibility index (Phi) is 6.69. The molecule has 8 atom stereocenters. The molecule has 5 unspecified atom stereocenters. The van der Waals surface area contributed by atoms with E-state index < -0.39 is 5.97 Å². The predicted molar refractivity (Wildman–Crippen MR) is 119 cm³/mol. The Morgan fingerprint density at radius 2 is 1.84 bits per heavy atom. The standard InChI is InChI=1S/C25H42N2O4/c1-24-10-9-19-23(20(28)13-17-14-26-12-11-25(17,19)2)18(24)8-7-16(24)5-3-4-6-21(29)27-15-22(30)31/h16-20,23,26,28H,3-15H2,1-2H3,(H,27,29)(H,30,31)/t16?,17-,18?,19?,20?,23+,24?,25+/m1/s1. The summed E-state index contributed by atoms with van der Waals surface area (Å²) in [5.74, 6) is 1.91. The van der Waals surface area contributed by atoms with Crippen molar-refractivity contribution in [2.24, 2.45) is 40.4 Å². The Balaban J connectivity index is 1.34. The minimum atomic E-state index is -0.997. The second-order valence-corrected chi connectivity index (χ2v) is 11.5. The van der Waals surface area contributed by atoms with Gasteiger partial charge in [0.2, 0.25) is 5.91 Å². The van der Waals surface area contributed by atoms with E-state index in [1.54, 1.807) is 0 Å². The first-order valence-corrected chi connectivity index (χ1v) is 12.6. The number of nitrogens with one attached hydrogen (secondary N) is 2. The van der Waals surface area contributed by atoms with Crippen LogP contribution >= 0.6 is 0 Å². The molecule has 176 valence electrons. The number of aliphatic carboxylic acids is 1. The van der Waals surface area contributed by atoms with Crippen LogP contribution in [-0.4, -0.2) is 47.8 Å². The molecule has 1 aliphatic heterocycles. The monoisotopic (exact) mass is 434 g/mol. The van der Waals surface area contributed by atoms with E-state index in [2.05, 4.69) is 24.5 Å². The number of carboxylic acids is 1. The van der Waals surface area contributed by atoms with Gasteiger partial charge in [-0.15, -0.1) is 0 Å². The maximum Gasteiger partial charge on any atom is 0.322 e. The molecule has 6 nitrogen and oxygen atoms in total. The molecule has 3 aliphatic carbocycles. The number of fused-ring (bicyclic) bond motifs is 5. The molecule has 4 aliphatic rings. The lowest BCUT2D eigenvalue weighted by molar-refractivity contribution is -0.159. The third-order valence-corrected chi connectivity index (χ3v) is 10.2. The van der Waals surface area contributed by atoms with Gasteiger partial charge >= 0.3 is 5.97 Å². The van der Waals surface area contributed by atoms with Crippen molar-refractivity contribution in [3.05, 3.63) is 0 Å². The maximum absolute atomic E-state index is 11.8. The zero-order chi connectivity index (χ0) is 22.2. The zero-order valence-electron chi connectivity index (χ0n) is 19.4. The van der Waals surface area contributed by atoms with Crippen LogP contribution in [0.4, 0.5) is 0 Å². The van der Waals surface area contributed by atoms with Crippen molar-refractivity contribution in [1.29, 1.82) is 0 Å². The Morgan fingerprint density at radius 1 is 1.06 bits per heavy atom. The Morgan fingerprint density at radius 3 is 2.61 bits per heavy atom. The van der Waals surface area contributed by atoms with Crippen LogP contribution in [0.1, 0.15) is 78.1 Å². The second-order valence-electron chi connectivity index (χ2n) is 11.5. The van der Waals surface area contributed by atoms with E-state index in [-0.39, 0.29) is 18.6 Å². The summed E-state index contributed by atoms with van der Waals surface area (Å²) >= 11 is 0. The van der Waals surface area contributed by atoms with E-state index >= 15 is 0 Å². The molecule has 1 saturated heterocycles. The van der Waals surface area contributed by atoms with Crippen LogP contribution in [0.3, 0.4) is 0 Å². The molecule has 1 amide bonds. The number of carbonyl (C=O) groups excluding carboxylic acids is 1. The number of unbranched alkanes of at least 4 members (excludes halogenated alkanes) is 1. The number of rotatable bonds is 7. The van der Waals surface area contributed by atoms with Gasteiger partial charge in [-0.1, -0.05) is 20.3 Å². The lowest BCUT2D eigenvalue weighted by atomic mass is 9.45. The number of hydrogen-bond donors (Lipinski definition) is 4. The van der Waals surface area contributed by atoms with Gasteiger partial charge in [0.25, 0.3) is 0 Å². The molecule has 0 aromatic rings. The third-order valence-electron chi connectivity index (χ3n) is 10.2. The SMILES string of the molecule is CC12CCC3[C@@H](C(O)C[C@@H]4CNCC[C@]34C)C1CCC2CCCCC(=O)NCC(=O)O. The smallest absolute Gasteiger partial charge is 0.322 e. The minimum Gasteiger partial charge on any atom is -0.480 e. The van der Waals surface area contributed by atoms with E-state index in [0.29, 0.717) is 46.8 Å². The zero-order valence-corrected chi connectivity index (χ0v) is 19.4. The first-order chi connectivity index (χ1) is 14.8. The van der Waals surface area contributed by atoms with Gasteiger partial charge in [0, 0.05) is 6.42 Å². The summed E-state index contributed by atoms with van der Waals surface area (Å²) in [4.78, 5) is 22.3. The fraction of sp³-hybridized carbons (Fsp3) is 0.920. The fourth-order valence-electron chi connectivity index (χ4n) is 8.38. The van der Waals surface area contributed by atoms with E-state index in [9.17, 15) is 14.7 Å². The van der Waals surface area contributed by atoms with Crippen LogP contribution in [0.2, 0.25) is 0 Å². The second kappa shape index (κ2) is 9.01. The largest absolute Gasteiger partial charge is 0.480 e. The normalized spacial score (nSPS) is 44.1. The summed E-state index contributed by atoms with van der Waals surface area (Å²) in [7, 11) is 0. The summed E-state index contributed by atoms with van der Waals surface area (Å²) in [6, 6.07) is 0. The van der Waals surface area contributed by atoms with E-state index in [1.165, 1.54) is 32.1 Å². The number of aliphatic hydroxyl groups is 1. The van der Waals surface area contributed by atoms with Crippen molar-refractivity contribution in [1.82, 2.24) is 10.6 Å². The highest BCUT2D eigenvalue weighted by Gasteiger charge is 2.61. The Labute approximate surface area is 186 Å². The van der Waals surface area contributed by atoms with Crippen molar-refractivity contribution < 1.29 is 19.8 Å². The van der Waals surface area contributed by atoms with Crippen molar-refractivity contribution in [2.75, 3.05) is 19.6 Å². The molecule has 3 saturated carbocycles. The van der Waals surface area contributed by atoms with Gasteiger partial charge in [0.15, 0.2) is 0 Å². The van der Waals surface area contributed by atoms with Crippen LogP contribution in [0.5, 0.6) is 0 Å². The van der Waals surface area contributed by atoms with Crippen LogP contribution in [0.15, 0.2) is 0 Å². The molecule has 0 radical (unpaired) electrons. The van der Waals surface area contributed by atoms with Crippen LogP contribution in [0.25, 0.3) is 0 Å². The van der Waals surface area contributed by atoms with Gasteiger partial charge in [-0.25, -0.2) is 0 Å². The number of carbonyl (C=O) groups is 2. The molecule has 0 bridgehead atoms. The molecule has 1 heterocycles. The third kappa shape index (κ3) is 4.27. The summed E-state index contributed by atoms with van der Waals surface area (Å²) in [5.41, 5.74) is 0.710. The maximum atomic E-state index is 11.8. The van der Waals surface area contributed by atoms with Crippen LogP contribution in [-0.2, 0) is 9.59 Å². The predicted octanol–water partition coefficient (Wildman–Crippen LogP) is 3.19. The molecule has 0 aromatic heterocycles. The van der Waals surface area contributed by atoms with Gasteiger partial charge in [-0.05, 0) is 105 Å². The van der Waals surface area contributed by atoms with Gasteiger partial charge in [0.05, 0.1) is 6.10 Å². The highest BCUT2D eigenvalue weighted by Crippen LogP contribution is 2.66. The number of piperidine rings is 1. The average Bonchev–Trinajstić information content (AvgIpc) is 3.06. The van der Waals surface area contributed by atoms with Crippen molar-refractivity contribution >= 4 is 11.9 Å². The molecule has 31 heavy (non-hydrogen) atoms. The molecule has 4 N–H and O–H groups in total. The highest BCUT2D eigenvalue weighted by atomic mass is 16.4. The topological polar surface area (TPSA) is 98.7 Å². The van der Waals surface area contributed by atoms with Gasteiger partial charge < -0.3 is 20.8 Å². The van der Waals surface area contributed by atoms with E-state index in [0.717, 1.165) is 38.8 Å². The molecule has 4 rings (SSSR count). The fourth-order valence-corrected chi connectivity index (χ4v) is 8.38. The first-order valence-electron chi connectivity index (χ1n) is 12.6. The molecule has 0 spiro atoms.